The highest BCUT2D eigenvalue weighted by molar-refractivity contribution is 6.32. The molecule has 0 bridgehead atoms. The summed E-state index contributed by atoms with van der Waals surface area (Å²) in [5, 5.41) is 23.4. The van der Waals surface area contributed by atoms with Crippen LogP contribution >= 0.6 is 23.2 Å². The summed E-state index contributed by atoms with van der Waals surface area (Å²) in [4.78, 5) is 12.1. The molecule has 0 spiro atoms. The minimum Gasteiger partial charge on any atom is -0.618 e. The van der Waals surface area contributed by atoms with Gasteiger partial charge in [0.1, 0.15) is 5.75 Å². The number of nitrogens with zero attached hydrogens (tertiary/aromatic N) is 2. The number of ether oxygens (including phenoxy) is 1. The third-order valence-corrected chi connectivity index (χ3v) is 4.36. The molecule has 1 heterocycles. The van der Waals surface area contributed by atoms with Gasteiger partial charge in [0, 0.05) is 29.3 Å². The van der Waals surface area contributed by atoms with Gasteiger partial charge in [-0.3, -0.25) is 4.79 Å². The van der Waals surface area contributed by atoms with E-state index in [2.05, 4.69) is 5.32 Å². The molecule has 0 atom stereocenters. The van der Waals surface area contributed by atoms with E-state index in [0.717, 1.165) is 0 Å². The predicted octanol–water partition coefficient (Wildman–Crippen LogP) is 4.36. The summed E-state index contributed by atoms with van der Waals surface area (Å²) in [6, 6.07) is 13.3. The molecule has 0 aliphatic rings. The summed E-state index contributed by atoms with van der Waals surface area (Å²) >= 11 is 12.0. The molecule has 0 radical (unpaired) electrons. The first-order valence-electron chi connectivity index (χ1n) is 8.21. The van der Waals surface area contributed by atoms with Gasteiger partial charge in [0.2, 0.25) is 0 Å². The Kier molecular flexibility index (Phi) is 6.17. The standard InChI is InChI=1S/C20H12Cl2FN3O3/c21-14-7-12(10-24)8-15(9-14)29-19-16(22)5-4-13(18(19)23)11-25-20(27)17-3-1-2-6-26(17)28/h1-9H,11H2,(H,25,27). The van der Waals surface area contributed by atoms with Crippen LogP contribution in [0.4, 0.5) is 4.39 Å². The number of halogens is 3. The van der Waals surface area contributed by atoms with Crippen LogP contribution in [-0.4, -0.2) is 5.91 Å². The minimum absolute atomic E-state index is 0.00322. The normalized spacial score (nSPS) is 10.3. The van der Waals surface area contributed by atoms with E-state index >= 15 is 0 Å². The summed E-state index contributed by atoms with van der Waals surface area (Å²) < 4.78 is 20.8. The summed E-state index contributed by atoms with van der Waals surface area (Å²) in [5.41, 5.74) is 0.205. The Bertz CT molecular complexity index is 1130. The zero-order valence-corrected chi connectivity index (χ0v) is 16.2. The van der Waals surface area contributed by atoms with Crippen molar-refractivity contribution in [1.29, 1.82) is 5.26 Å². The molecule has 3 rings (SSSR count). The smallest absolute Gasteiger partial charge is 0.317 e. The first-order chi connectivity index (χ1) is 13.9. The zero-order valence-electron chi connectivity index (χ0n) is 14.7. The maximum Gasteiger partial charge on any atom is 0.317 e. The van der Waals surface area contributed by atoms with Gasteiger partial charge in [-0.1, -0.05) is 29.3 Å². The second-order valence-electron chi connectivity index (χ2n) is 5.83. The van der Waals surface area contributed by atoms with Crippen LogP contribution in [0.1, 0.15) is 21.6 Å². The van der Waals surface area contributed by atoms with Crippen LogP contribution in [0.3, 0.4) is 0 Å². The average molecular weight is 432 g/mol. The van der Waals surface area contributed by atoms with E-state index in [1.54, 1.807) is 6.07 Å². The van der Waals surface area contributed by atoms with Gasteiger partial charge >= 0.3 is 5.91 Å². The first-order valence-corrected chi connectivity index (χ1v) is 8.96. The number of amides is 1. The summed E-state index contributed by atoms with van der Waals surface area (Å²) in [5.74, 6) is -1.60. The number of hydrogen-bond donors (Lipinski definition) is 1. The summed E-state index contributed by atoms with van der Waals surface area (Å²) in [7, 11) is 0. The van der Waals surface area contributed by atoms with E-state index in [1.807, 2.05) is 6.07 Å². The Morgan fingerprint density at radius 1 is 1.24 bits per heavy atom. The second kappa shape index (κ2) is 8.78. The molecule has 3 aromatic rings. The molecule has 6 nitrogen and oxygen atoms in total. The number of carbonyl (C=O) groups is 1. The van der Waals surface area contributed by atoms with Crippen LogP contribution in [0, 0.1) is 22.4 Å². The van der Waals surface area contributed by atoms with Gasteiger partial charge in [0.05, 0.1) is 16.7 Å². The number of hydrogen-bond acceptors (Lipinski definition) is 4. The molecular weight excluding hydrogens is 420 g/mol. The van der Waals surface area contributed by atoms with E-state index in [4.69, 9.17) is 33.2 Å². The Balaban J connectivity index is 1.82. The van der Waals surface area contributed by atoms with E-state index in [0.29, 0.717) is 4.73 Å². The van der Waals surface area contributed by atoms with E-state index in [-0.39, 0.29) is 44.9 Å². The molecule has 0 aliphatic carbocycles. The molecule has 0 fully saturated rings. The average Bonchev–Trinajstić information content (AvgIpc) is 2.70. The molecule has 146 valence electrons. The lowest BCUT2D eigenvalue weighted by Crippen LogP contribution is -2.38. The van der Waals surface area contributed by atoms with Crippen molar-refractivity contribution in [1.82, 2.24) is 5.32 Å². The molecule has 2 aromatic carbocycles. The number of aromatic nitrogens is 1. The lowest BCUT2D eigenvalue weighted by Gasteiger charge is -2.13. The van der Waals surface area contributed by atoms with Crippen LogP contribution < -0.4 is 14.8 Å². The van der Waals surface area contributed by atoms with Gasteiger partial charge in [-0.2, -0.15) is 9.99 Å². The number of rotatable bonds is 5. The third kappa shape index (κ3) is 4.74. The predicted molar refractivity (Wildman–Crippen MR) is 104 cm³/mol. The van der Waals surface area contributed by atoms with Crippen molar-refractivity contribution in [2.75, 3.05) is 0 Å². The fourth-order valence-corrected chi connectivity index (χ4v) is 2.89. The van der Waals surface area contributed by atoms with Crippen molar-refractivity contribution in [2.45, 2.75) is 6.54 Å². The third-order valence-electron chi connectivity index (χ3n) is 3.85. The molecule has 0 saturated heterocycles. The van der Waals surface area contributed by atoms with Crippen molar-refractivity contribution in [3.05, 3.63) is 92.6 Å². The van der Waals surface area contributed by atoms with Gasteiger partial charge < -0.3 is 15.3 Å². The number of benzene rings is 2. The summed E-state index contributed by atoms with van der Waals surface area (Å²) in [6.07, 6.45) is 1.18. The van der Waals surface area contributed by atoms with Crippen molar-refractivity contribution < 1.29 is 18.7 Å². The molecule has 0 saturated carbocycles. The van der Waals surface area contributed by atoms with Crippen LogP contribution in [0.15, 0.2) is 54.7 Å². The van der Waals surface area contributed by atoms with Gasteiger partial charge in [-0.05, 0) is 30.3 Å². The van der Waals surface area contributed by atoms with E-state index in [1.165, 1.54) is 48.7 Å². The molecule has 0 aliphatic heterocycles. The number of nitrogens with one attached hydrogen (secondary N) is 1. The fraction of sp³-hybridized carbons (Fsp3) is 0.0500. The van der Waals surface area contributed by atoms with Gasteiger partial charge in [0.25, 0.3) is 5.69 Å². The summed E-state index contributed by atoms with van der Waals surface area (Å²) in [6.45, 7) is -0.202. The largest absolute Gasteiger partial charge is 0.618 e. The monoisotopic (exact) mass is 431 g/mol. The Labute approximate surface area is 175 Å². The maximum absolute atomic E-state index is 14.9. The van der Waals surface area contributed by atoms with E-state index in [9.17, 15) is 14.4 Å². The molecule has 1 aromatic heterocycles. The second-order valence-corrected chi connectivity index (χ2v) is 6.68. The van der Waals surface area contributed by atoms with Crippen molar-refractivity contribution in [3.63, 3.8) is 0 Å². The maximum atomic E-state index is 14.9. The van der Waals surface area contributed by atoms with Crippen LogP contribution in [0.2, 0.25) is 10.0 Å². The Morgan fingerprint density at radius 2 is 2.03 bits per heavy atom. The highest BCUT2D eigenvalue weighted by Gasteiger charge is 2.19. The topological polar surface area (TPSA) is 89.1 Å². The molecule has 0 unspecified atom stereocenters. The first kappa shape index (κ1) is 20.4. The van der Waals surface area contributed by atoms with Crippen LogP contribution in [-0.2, 0) is 6.54 Å². The Morgan fingerprint density at radius 3 is 2.76 bits per heavy atom. The number of carbonyl (C=O) groups excluding carboxylic acids is 1. The highest BCUT2D eigenvalue weighted by Crippen LogP contribution is 2.35. The molecule has 1 N–H and O–H groups in total. The molecular formula is C20H12Cl2FN3O3. The molecule has 1 amide bonds. The number of nitriles is 1. The van der Waals surface area contributed by atoms with Crippen molar-refractivity contribution >= 4 is 29.1 Å². The molecule has 29 heavy (non-hydrogen) atoms. The number of pyridine rings is 1. The molecule has 9 heteroatoms. The minimum atomic E-state index is -0.792. The lowest BCUT2D eigenvalue weighted by molar-refractivity contribution is -0.607. The highest BCUT2D eigenvalue weighted by atomic mass is 35.5. The van der Waals surface area contributed by atoms with Crippen LogP contribution in [0.5, 0.6) is 11.5 Å². The Hall–Kier alpha value is -3.34. The van der Waals surface area contributed by atoms with Crippen molar-refractivity contribution in [2.24, 2.45) is 0 Å². The van der Waals surface area contributed by atoms with Gasteiger partial charge in [-0.15, -0.1) is 0 Å². The SMILES string of the molecule is N#Cc1cc(Cl)cc(Oc2c(Cl)ccc(CNC(=O)c3cccc[n+]3[O-])c2F)c1. The lowest BCUT2D eigenvalue weighted by atomic mass is 10.2. The van der Waals surface area contributed by atoms with E-state index < -0.39 is 11.7 Å². The quantitative estimate of drug-likeness (QED) is 0.479. The zero-order chi connectivity index (χ0) is 21.0. The van der Waals surface area contributed by atoms with Crippen LogP contribution in [0.25, 0.3) is 0 Å². The van der Waals surface area contributed by atoms with Gasteiger partial charge in [0.15, 0.2) is 17.8 Å². The van der Waals surface area contributed by atoms with Gasteiger partial charge in [-0.25, -0.2) is 4.39 Å². The fourth-order valence-electron chi connectivity index (χ4n) is 2.48. The van der Waals surface area contributed by atoms with Crippen molar-refractivity contribution in [3.8, 4) is 17.6 Å².